The molecule has 18 heavy (non-hydrogen) atoms. The van der Waals surface area contributed by atoms with Crippen LogP contribution in [0.3, 0.4) is 0 Å². The third-order valence-electron chi connectivity index (χ3n) is 2.43. The van der Waals surface area contributed by atoms with Crippen LogP contribution in [0.15, 0.2) is 24.3 Å². The van der Waals surface area contributed by atoms with Crippen molar-refractivity contribution in [3.05, 3.63) is 29.8 Å². The van der Waals surface area contributed by atoms with Crippen molar-refractivity contribution in [2.75, 3.05) is 14.2 Å². The molecule has 98 valence electrons. The number of carbonyl (C=O) groups is 1. The molecule has 1 atom stereocenters. The molecule has 0 aliphatic heterocycles. The molecule has 0 aliphatic rings. The van der Waals surface area contributed by atoms with Gasteiger partial charge in [-0.3, -0.25) is 4.79 Å². The highest BCUT2D eigenvalue weighted by Gasteiger charge is 2.08. The van der Waals surface area contributed by atoms with Crippen LogP contribution in [0.5, 0.6) is 11.5 Å². The van der Waals surface area contributed by atoms with E-state index in [0.29, 0.717) is 11.5 Å². The van der Waals surface area contributed by atoms with Crippen molar-refractivity contribution < 1.29 is 19.4 Å². The van der Waals surface area contributed by atoms with Crippen LogP contribution in [0.4, 0.5) is 0 Å². The Kier molecular flexibility index (Phi) is 5.20. The second-order valence-corrected chi connectivity index (χ2v) is 3.70. The maximum atomic E-state index is 10.5. The molecule has 0 spiro atoms. The maximum absolute atomic E-state index is 10.5. The summed E-state index contributed by atoms with van der Waals surface area (Å²) in [6.07, 6.45) is 3.80. The first-order chi connectivity index (χ1) is 8.58. The normalized spacial score (nSPS) is 12.4. The van der Waals surface area contributed by atoms with Gasteiger partial charge in [0.2, 0.25) is 0 Å². The summed E-state index contributed by atoms with van der Waals surface area (Å²) in [5.74, 6) is 0.269. The second kappa shape index (κ2) is 6.66. The van der Waals surface area contributed by atoms with Crippen molar-refractivity contribution in [2.24, 2.45) is 5.73 Å². The molecular weight excluding hydrogens is 234 g/mol. The lowest BCUT2D eigenvalue weighted by Gasteiger charge is -2.07. The van der Waals surface area contributed by atoms with E-state index in [0.717, 1.165) is 5.56 Å². The van der Waals surface area contributed by atoms with E-state index in [9.17, 15) is 4.79 Å². The molecule has 0 amide bonds. The molecule has 0 heterocycles. The van der Waals surface area contributed by atoms with Gasteiger partial charge in [0.15, 0.2) is 11.5 Å². The van der Waals surface area contributed by atoms with Crippen molar-refractivity contribution in [3.63, 3.8) is 0 Å². The third-order valence-corrected chi connectivity index (χ3v) is 2.43. The Hall–Kier alpha value is -2.01. The zero-order valence-corrected chi connectivity index (χ0v) is 10.4. The predicted molar refractivity (Wildman–Crippen MR) is 68.8 cm³/mol. The van der Waals surface area contributed by atoms with Gasteiger partial charge in [0.25, 0.3) is 0 Å². The van der Waals surface area contributed by atoms with Crippen LogP contribution >= 0.6 is 0 Å². The van der Waals surface area contributed by atoms with Gasteiger partial charge in [-0.1, -0.05) is 18.2 Å². The summed E-state index contributed by atoms with van der Waals surface area (Å²) >= 11 is 0. The zero-order chi connectivity index (χ0) is 13.5. The number of carboxylic acids is 1. The van der Waals surface area contributed by atoms with Gasteiger partial charge >= 0.3 is 5.97 Å². The van der Waals surface area contributed by atoms with Crippen LogP contribution in [-0.2, 0) is 4.79 Å². The molecule has 0 aromatic heterocycles. The minimum absolute atomic E-state index is 0.281. The van der Waals surface area contributed by atoms with Gasteiger partial charge in [-0.2, -0.15) is 0 Å². The van der Waals surface area contributed by atoms with E-state index in [4.69, 9.17) is 20.3 Å². The number of benzene rings is 1. The molecule has 0 fully saturated rings. The molecule has 0 radical (unpaired) electrons. The Labute approximate surface area is 106 Å². The Morgan fingerprint density at radius 2 is 2.06 bits per heavy atom. The molecular formula is C13H17NO4. The van der Waals surface area contributed by atoms with E-state index >= 15 is 0 Å². The van der Waals surface area contributed by atoms with Gasteiger partial charge in [0.05, 0.1) is 14.2 Å². The van der Waals surface area contributed by atoms with Gasteiger partial charge in [0, 0.05) is 0 Å². The Bertz CT molecular complexity index is 443. The summed E-state index contributed by atoms with van der Waals surface area (Å²) in [5.41, 5.74) is 6.28. The lowest BCUT2D eigenvalue weighted by atomic mass is 10.1. The molecule has 0 aliphatic carbocycles. The number of rotatable bonds is 6. The lowest BCUT2D eigenvalue weighted by Crippen LogP contribution is -2.29. The van der Waals surface area contributed by atoms with Crippen LogP contribution in [0.25, 0.3) is 6.08 Å². The molecule has 3 N–H and O–H groups in total. The average Bonchev–Trinajstić information content (AvgIpc) is 2.38. The largest absolute Gasteiger partial charge is 0.493 e. The van der Waals surface area contributed by atoms with Crippen LogP contribution < -0.4 is 15.2 Å². The molecule has 1 rings (SSSR count). The third kappa shape index (κ3) is 3.78. The highest BCUT2D eigenvalue weighted by atomic mass is 16.5. The first-order valence-electron chi connectivity index (χ1n) is 5.45. The number of hydrogen-bond donors (Lipinski definition) is 2. The van der Waals surface area contributed by atoms with Crippen molar-refractivity contribution in [3.8, 4) is 11.5 Å². The number of hydrogen-bond acceptors (Lipinski definition) is 4. The first-order valence-corrected chi connectivity index (χ1v) is 5.45. The van der Waals surface area contributed by atoms with Gasteiger partial charge in [0.1, 0.15) is 6.04 Å². The number of carboxylic acid groups (broad SMARTS) is 1. The van der Waals surface area contributed by atoms with Crippen molar-refractivity contribution in [1.29, 1.82) is 0 Å². The van der Waals surface area contributed by atoms with E-state index in [1.165, 1.54) is 0 Å². The molecule has 5 heteroatoms. The monoisotopic (exact) mass is 251 g/mol. The fraction of sp³-hybridized carbons (Fsp3) is 0.308. The molecule has 1 aromatic rings. The summed E-state index contributed by atoms with van der Waals surface area (Å²) in [7, 11) is 3.13. The summed E-state index contributed by atoms with van der Waals surface area (Å²) in [6.45, 7) is 0. The summed E-state index contributed by atoms with van der Waals surface area (Å²) < 4.78 is 10.3. The Morgan fingerprint density at radius 1 is 1.39 bits per heavy atom. The van der Waals surface area contributed by atoms with Crippen LogP contribution in [0, 0.1) is 0 Å². The van der Waals surface area contributed by atoms with Crippen molar-refractivity contribution >= 4 is 12.0 Å². The Morgan fingerprint density at radius 3 is 2.61 bits per heavy atom. The standard InChI is InChI=1S/C13H17NO4/c1-17-11-7-6-9(8-12(11)18-2)4-3-5-10(14)13(15)16/h3-4,6-8,10H,5,14H2,1-2H3,(H,15,16)/b4-3+. The quantitative estimate of drug-likeness (QED) is 0.801. The summed E-state index contributed by atoms with van der Waals surface area (Å²) in [5, 5.41) is 8.63. The molecule has 1 unspecified atom stereocenters. The van der Waals surface area contributed by atoms with E-state index in [2.05, 4.69) is 0 Å². The van der Waals surface area contributed by atoms with Crippen LogP contribution in [0.1, 0.15) is 12.0 Å². The fourth-order valence-corrected chi connectivity index (χ4v) is 1.41. The minimum Gasteiger partial charge on any atom is -0.493 e. The van der Waals surface area contributed by atoms with Crippen molar-refractivity contribution in [1.82, 2.24) is 0 Å². The van der Waals surface area contributed by atoms with E-state index in [-0.39, 0.29) is 6.42 Å². The van der Waals surface area contributed by atoms with E-state index in [1.54, 1.807) is 32.4 Å². The van der Waals surface area contributed by atoms with Gasteiger partial charge in [-0.25, -0.2) is 0 Å². The zero-order valence-electron chi connectivity index (χ0n) is 10.4. The molecule has 0 saturated heterocycles. The smallest absolute Gasteiger partial charge is 0.320 e. The topological polar surface area (TPSA) is 81.8 Å². The summed E-state index contributed by atoms with van der Waals surface area (Å²) in [6, 6.07) is 4.57. The number of methoxy groups -OCH3 is 2. The fourth-order valence-electron chi connectivity index (χ4n) is 1.41. The molecule has 1 aromatic carbocycles. The highest BCUT2D eigenvalue weighted by molar-refractivity contribution is 5.73. The summed E-state index contributed by atoms with van der Waals surface area (Å²) in [4.78, 5) is 10.5. The number of aliphatic carboxylic acids is 1. The Balaban J connectivity index is 2.73. The van der Waals surface area contributed by atoms with E-state index < -0.39 is 12.0 Å². The predicted octanol–water partition coefficient (Wildman–Crippen LogP) is 1.52. The molecule has 0 bridgehead atoms. The molecule has 0 saturated carbocycles. The average molecular weight is 251 g/mol. The lowest BCUT2D eigenvalue weighted by molar-refractivity contribution is -0.138. The SMILES string of the molecule is COc1ccc(/C=C/CC(N)C(=O)O)cc1OC. The van der Waals surface area contributed by atoms with Gasteiger partial charge in [-0.05, 0) is 24.1 Å². The van der Waals surface area contributed by atoms with Crippen molar-refractivity contribution in [2.45, 2.75) is 12.5 Å². The number of ether oxygens (including phenoxy) is 2. The second-order valence-electron chi connectivity index (χ2n) is 3.70. The first kappa shape index (κ1) is 14.1. The molecule has 5 nitrogen and oxygen atoms in total. The van der Waals surface area contributed by atoms with Gasteiger partial charge in [-0.15, -0.1) is 0 Å². The van der Waals surface area contributed by atoms with E-state index in [1.807, 2.05) is 12.1 Å². The number of nitrogens with two attached hydrogens (primary N) is 1. The van der Waals surface area contributed by atoms with Crippen LogP contribution in [0.2, 0.25) is 0 Å². The maximum Gasteiger partial charge on any atom is 0.320 e. The van der Waals surface area contributed by atoms with Gasteiger partial charge < -0.3 is 20.3 Å². The minimum atomic E-state index is -1.01. The van der Waals surface area contributed by atoms with Crippen LogP contribution in [-0.4, -0.2) is 31.3 Å². The highest BCUT2D eigenvalue weighted by Crippen LogP contribution is 2.27.